The summed E-state index contributed by atoms with van der Waals surface area (Å²) in [7, 11) is 5.18. The molecular weight excluding hydrogens is 724 g/mol. The lowest BCUT2D eigenvalue weighted by molar-refractivity contribution is -0.318. The number of carboxylic acid groups (broad SMARTS) is 1. The number of ether oxygens (including phenoxy) is 6. The predicted octanol–water partition coefficient (Wildman–Crippen LogP) is 1.41. The molecule has 0 saturated carbocycles. The lowest BCUT2D eigenvalue weighted by Crippen LogP contribution is -2.61. The van der Waals surface area contributed by atoms with Gasteiger partial charge in [0.2, 0.25) is 0 Å². The first kappa shape index (κ1) is 49.1. The minimum atomic E-state index is -1.99. The highest BCUT2D eigenvalue weighted by Crippen LogP contribution is 2.40. The summed E-state index contributed by atoms with van der Waals surface area (Å²) in [5, 5.41) is 64.8. The summed E-state index contributed by atoms with van der Waals surface area (Å²) < 4.78 is 37.1. The lowest BCUT2D eigenvalue weighted by Gasteiger charge is -2.49. The van der Waals surface area contributed by atoms with Crippen LogP contribution in [0.2, 0.25) is 0 Å². The van der Waals surface area contributed by atoms with Gasteiger partial charge in [0.1, 0.15) is 29.7 Å². The first-order valence-corrected chi connectivity index (χ1v) is 19.2. The number of aliphatic hydroxyl groups excluding tert-OH is 3. The molecule has 0 aromatic rings. The number of hydrogen-bond donors (Lipinski definition) is 7. The highest BCUT2D eigenvalue weighted by Gasteiger charge is 2.53. The van der Waals surface area contributed by atoms with Crippen molar-refractivity contribution in [1.29, 1.82) is 0 Å². The van der Waals surface area contributed by atoms with Gasteiger partial charge in [0.15, 0.2) is 12.6 Å². The van der Waals surface area contributed by atoms with E-state index in [1.165, 1.54) is 27.9 Å². The van der Waals surface area contributed by atoms with Crippen LogP contribution in [-0.2, 0) is 38.0 Å². The SMILES string of the molecule is CC[C@H]1OC(=O)[C@H](C)[C@@H](O[C@H]2C[C@@](C)(OC)[C@@H](O)[C@H](C)O2)[C@H](C)[C@@H](O[C@@H]2O[C@H](C)C[C@H](N(C)C)[C@H]2O)[C@](C)(O)C[C@@H](C)C(=O)[C@H](C)[C@@H](O)[C@]1(C)O.NC(=O)O. The largest absolute Gasteiger partial charge is 0.465 e. The van der Waals surface area contributed by atoms with Crippen LogP contribution in [0.3, 0.4) is 0 Å². The van der Waals surface area contributed by atoms with Crippen molar-refractivity contribution in [2.75, 3.05) is 21.2 Å². The van der Waals surface area contributed by atoms with Gasteiger partial charge in [-0.3, -0.25) is 9.59 Å². The van der Waals surface area contributed by atoms with E-state index in [0.29, 0.717) is 6.42 Å². The van der Waals surface area contributed by atoms with E-state index in [9.17, 15) is 35.1 Å². The van der Waals surface area contributed by atoms with Crippen LogP contribution in [0.25, 0.3) is 0 Å². The predicted molar refractivity (Wildman–Crippen MR) is 198 cm³/mol. The summed E-state index contributed by atoms with van der Waals surface area (Å²) in [4.78, 5) is 38.5. The molecule has 3 aliphatic rings. The van der Waals surface area contributed by atoms with Gasteiger partial charge in [-0.05, 0) is 74.9 Å². The number of ketones is 1. The highest BCUT2D eigenvalue weighted by atomic mass is 16.7. The van der Waals surface area contributed by atoms with E-state index in [0.717, 1.165) is 0 Å². The molecule has 0 aliphatic carbocycles. The van der Waals surface area contributed by atoms with E-state index in [-0.39, 0.29) is 31.4 Å². The van der Waals surface area contributed by atoms with E-state index < -0.39 is 114 Å². The Balaban J connectivity index is 0.00000248. The summed E-state index contributed by atoms with van der Waals surface area (Å²) in [6, 6.07) is -0.324. The third kappa shape index (κ3) is 11.8. The van der Waals surface area contributed by atoms with Crippen molar-refractivity contribution in [1.82, 2.24) is 4.90 Å². The molecule has 3 saturated heterocycles. The maximum absolute atomic E-state index is 14.1. The van der Waals surface area contributed by atoms with Gasteiger partial charge < -0.3 is 69.7 Å². The Morgan fingerprint density at radius 1 is 0.927 bits per heavy atom. The van der Waals surface area contributed by atoms with Crippen LogP contribution in [0.4, 0.5) is 4.79 Å². The summed E-state index contributed by atoms with van der Waals surface area (Å²) >= 11 is 0. The number of esters is 1. The molecule has 17 heteroatoms. The van der Waals surface area contributed by atoms with Crippen molar-refractivity contribution in [2.45, 2.75) is 179 Å². The van der Waals surface area contributed by atoms with Gasteiger partial charge in [-0.25, -0.2) is 4.79 Å². The fourth-order valence-electron chi connectivity index (χ4n) is 8.41. The number of nitrogens with two attached hydrogens (primary N) is 1. The zero-order valence-electron chi connectivity index (χ0n) is 34.9. The Hall–Kier alpha value is -2.03. The maximum atomic E-state index is 14.1. The highest BCUT2D eigenvalue weighted by molar-refractivity contribution is 5.83. The normalized spacial score (nSPS) is 46.6. The molecule has 1 amide bonds. The number of methoxy groups -OCH3 is 1. The van der Waals surface area contributed by atoms with Gasteiger partial charge in [-0.15, -0.1) is 0 Å². The van der Waals surface area contributed by atoms with Crippen LogP contribution < -0.4 is 5.73 Å². The molecule has 0 radical (unpaired) electrons. The molecule has 0 bridgehead atoms. The van der Waals surface area contributed by atoms with Crippen molar-refractivity contribution in [3.63, 3.8) is 0 Å². The summed E-state index contributed by atoms with van der Waals surface area (Å²) in [5.41, 5.74) is -0.811. The average Bonchev–Trinajstić information content (AvgIpc) is 3.08. The number of cyclic esters (lactones) is 1. The number of rotatable bonds is 7. The Kier molecular flexibility index (Phi) is 17.5. The number of likely N-dealkylation sites (N-methyl/N-ethyl adjacent to an activating group) is 1. The van der Waals surface area contributed by atoms with E-state index in [4.69, 9.17) is 38.3 Å². The van der Waals surface area contributed by atoms with E-state index in [1.807, 2.05) is 25.9 Å². The maximum Gasteiger partial charge on any atom is 0.402 e. The Morgan fingerprint density at radius 3 is 2.00 bits per heavy atom. The average molecular weight is 795 g/mol. The number of hydrogen-bond acceptors (Lipinski definition) is 15. The molecule has 3 heterocycles. The van der Waals surface area contributed by atoms with Crippen LogP contribution in [0.1, 0.15) is 94.9 Å². The first-order chi connectivity index (χ1) is 25.2. The van der Waals surface area contributed by atoms with Gasteiger partial charge in [0.25, 0.3) is 0 Å². The van der Waals surface area contributed by atoms with Crippen molar-refractivity contribution < 1.29 is 73.4 Å². The first-order valence-electron chi connectivity index (χ1n) is 19.2. The molecule has 322 valence electrons. The van der Waals surface area contributed by atoms with Gasteiger partial charge in [0, 0.05) is 37.3 Å². The third-order valence-electron chi connectivity index (χ3n) is 11.8. The third-order valence-corrected chi connectivity index (χ3v) is 11.8. The van der Waals surface area contributed by atoms with Crippen molar-refractivity contribution in [3.05, 3.63) is 0 Å². The molecule has 17 nitrogen and oxygen atoms in total. The quantitative estimate of drug-likeness (QED) is 0.180. The van der Waals surface area contributed by atoms with Crippen molar-refractivity contribution in [2.24, 2.45) is 29.4 Å². The van der Waals surface area contributed by atoms with E-state index >= 15 is 0 Å². The van der Waals surface area contributed by atoms with E-state index in [2.05, 4.69) is 5.73 Å². The zero-order valence-corrected chi connectivity index (χ0v) is 34.9. The van der Waals surface area contributed by atoms with Crippen molar-refractivity contribution in [3.8, 4) is 0 Å². The Morgan fingerprint density at radius 2 is 1.49 bits per heavy atom. The molecule has 18 atom stereocenters. The van der Waals surface area contributed by atoms with Crippen molar-refractivity contribution >= 4 is 17.8 Å². The zero-order chi connectivity index (χ0) is 42.5. The van der Waals surface area contributed by atoms with Gasteiger partial charge >= 0.3 is 12.1 Å². The Labute approximate surface area is 325 Å². The van der Waals surface area contributed by atoms with Gasteiger partial charge in [-0.1, -0.05) is 27.7 Å². The van der Waals surface area contributed by atoms with Crippen LogP contribution in [0, 0.1) is 23.7 Å². The minimum absolute atomic E-state index is 0.0936. The fraction of sp³-hybridized carbons (Fsp3) is 0.921. The number of amides is 1. The molecule has 0 unspecified atom stereocenters. The van der Waals surface area contributed by atoms with Crippen LogP contribution in [0.5, 0.6) is 0 Å². The molecule has 0 spiro atoms. The molecule has 0 aromatic heterocycles. The van der Waals surface area contributed by atoms with Gasteiger partial charge in [0.05, 0.1) is 47.6 Å². The lowest BCUT2D eigenvalue weighted by atomic mass is 9.74. The second-order valence-electron chi connectivity index (χ2n) is 16.8. The number of carbonyl (C=O) groups is 3. The second kappa shape index (κ2) is 19.6. The molecule has 3 fully saturated rings. The number of nitrogens with zero attached hydrogens (tertiary/aromatic N) is 1. The fourth-order valence-corrected chi connectivity index (χ4v) is 8.41. The topological polar surface area (TPSA) is 257 Å². The summed E-state index contributed by atoms with van der Waals surface area (Å²) in [6.07, 6.45) is -11.0. The van der Waals surface area contributed by atoms with Crippen LogP contribution in [0.15, 0.2) is 0 Å². The number of aliphatic hydroxyl groups is 5. The molecule has 3 rings (SSSR count). The Bertz CT molecular complexity index is 1260. The minimum Gasteiger partial charge on any atom is -0.465 e. The summed E-state index contributed by atoms with van der Waals surface area (Å²) in [5.74, 6) is -4.98. The molecule has 8 N–H and O–H groups in total. The van der Waals surface area contributed by atoms with Crippen LogP contribution in [-0.4, -0.2) is 159 Å². The number of Topliss-reactive ketones (excluding diaryl/α,β-unsaturated/α-hetero) is 1. The summed E-state index contributed by atoms with van der Waals surface area (Å²) in [6.45, 7) is 16.3. The number of primary amides is 1. The smallest absolute Gasteiger partial charge is 0.402 e. The molecule has 55 heavy (non-hydrogen) atoms. The molecule has 0 aromatic carbocycles. The number of carbonyl (C=O) groups excluding carboxylic acids is 2. The molecular formula is C38H70N2O15. The van der Waals surface area contributed by atoms with E-state index in [1.54, 1.807) is 41.5 Å². The molecule has 3 aliphatic heterocycles. The van der Waals surface area contributed by atoms with Gasteiger partial charge in [-0.2, -0.15) is 0 Å². The standard InChI is InChI=1S/C37H67NO13.CH3NO2/c1-14-25-37(10,45)30(41)20(4)27(39)18(2)16-35(8,44)32(51-34-28(40)24(38(11)12)15-19(3)47-34)21(5)29(22(6)33(43)49-25)50-26-17-36(9,46-13)31(42)23(7)48-26;2-1(3)4/h18-26,28-32,34,40-42,44-45H,14-17H2,1-13H3;2H2,(H,3,4)/t18-,19-,20+,21+,22-,23+,24+,25-,26+,28-,29+,30-,31+,32-,34+,35-,36-,37-;/m1./s1. The van der Waals surface area contributed by atoms with Crippen LogP contribution >= 0.6 is 0 Å². The monoisotopic (exact) mass is 794 g/mol. The second-order valence-corrected chi connectivity index (χ2v) is 16.8.